The third kappa shape index (κ3) is 5.06. The molecular weight excluding hydrogens is 390 g/mol. The highest BCUT2D eigenvalue weighted by Crippen LogP contribution is 2.21. The first-order valence-electron chi connectivity index (χ1n) is 10.7. The van der Waals surface area contributed by atoms with Crippen molar-refractivity contribution in [3.8, 4) is 5.75 Å². The van der Waals surface area contributed by atoms with Crippen molar-refractivity contribution >= 4 is 11.6 Å². The number of carbonyl (C=O) groups is 1. The van der Waals surface area contributed by atoms with Crippen molar-refractivity contribution in [3.05, 3.63) is 76.6 Å². The zero-order valence-corrected chi connectivity index (χ0v) is 17.8. The summed E-state index contributed by atoms with van der Waals surface area (Å²) in [6.45, 7) is 4.22. The lowest BCUT2D eigenvalue weighted by Gasteiger charge is -2.34. The van der Waals surface area contributed by atoms with Gasteiger partial charge in [-0.05, 0) is 55.3 Å². The fourth-order valence-electron chi connectivity index (χ4n) is 4.04. The molecule has 4 rings (SSSR count). The molecule has 0 unspecified atom stereocenters. The maximum Gasteiger partial charge on any atom is 0.252 e. The van der Waals surface area contributed by atoms with Crippen LogP contribution in [0.4, 0.5) is 5.69 Å². The molecule has 0 radical (unpaired) electrons. The number of primary amides is 1. The van der Waals surface area contributed by atoms with Crippen LogP contribution in [0.3, 0.4) is 0 Å². The second kappa shape index (κ2) is 9.22. The number of H-pyrrole nitrogens is 1. The molecule has 162 valence electrons. The molecule has 4 N–H and O–H groups in total. The Kier molecular flexibility index (Phi) is 6.23. The van der Waals surface area contributed by atoms with Crippen molar-refractivity contribution < 1.29 is 9.90 Å². The average molecular weight is 420 g/mol. The number of hydrogen-bond donors (Lipinski definition) is 3. The number of piperazine rings is 1. The highest BCUT2D eigenvalue weighted by molar-refractivity contribution is 5.95. The number of phenolic OH excluding ortho intramolecular Hbond substituents is 1. The number of nitrogens with zero attached hydrogens (tertiary/aromatic N) is 3. The van der Waals surface area contributed by atoms with E-state index >= 15 is 0 Å². The topological polar surface area (TPSA) is 98.5 Å². The summed E-state index contributed by atoms with van der Waals surface area (Å²) in [7, 11) is 2.15. The SMILES string of the molecule is CN1CCN(c2ccc(Cc3[nH]nc(CCc4ccc(O)cc4)c3C(N)=O)cc2)CC1. The summed E-state index contributed by atoms with van der Waals surface area (Å²) in [4.78, 5) is 16.9. The molecule has 2 heterocycles. The van der Waals surface area contributed by atoms with Gasteiger partial charge in [-0.25, -0.2) is 0 Å². The van der Waals surface area contributed by atoms with Gasteiger partial charge in [0.2, 0.25) is 0 Å². The van der Waals surface area contributed by atoms with Gasteiger partial charge in [-0.1, -0.05) is 24.3 Å². The number of aromatic amines is 1. The largest absolute Gasteiger partial charge is 0.508 e. The van der Waals surface area contributed by atoms with Crippen LogP contribution in [0.2, 0.25) is 0 Å². The molecule has 1 saturated heterocycles. The summed E-state index contributed by atoms with van der Waals surface area (Å²) in [6, 6.07) is 15.6. The Bertz CT molecular complexity index is 1020. The summed E-state index contributed by atoms with van der Waals surface area (Å²) >= 11 is 0. The van der Waals surface area contributed by atoms with Crippen molar-refractivity contribution in [2.75, 3.05) is 38.1 Å². The molecule has 0 spiro atoms. The predicted molar refractivity (Wildman–Crippen MR) is 122 cm³/mol. The van der Waals surface area contributed by atoms with Gasteiger partial charge in [-0.3, -0.25) is 9.89 Å². The Labute approximate surface area is 182 Å². The van der Waals surface area contributed by atoms with Gasteiger partial charge in [0.1, 0.15) is 5.75 Å². The molecule has 1 aromatic heterocycles. The van der Waals surface area contributed by atoms with E-state index in [2.05, 4.69) is 51.3 Å². The molecule has 1 aliphatic heterocycles. The molecule has 31 heavy (non-hydrogen) atoms. The second-order valence-electron chi connectivity index (χ2n) is 8.19. The number of nitrogens with one attached hydrogen (secondary N) is 1. The van der Waals surface area contributed by atoms with E-state index in [-0.39, 0.29) is 5.75 Å². The Morgan fingerprint density at radius 3 is 2.29 bits per heavy atom. The van der Waals surface area contributed by atoms with Crippen LogP contribution in [0.25, 0.3) is 0 Å². The fourth-order valence-corrected chi connectivity index (χ4v) is 4.04. The van der Waals surface area contributed by atoms with E-state index in [9.17, 15) is 9.90 Å². The minimum Gasteiger partial charge on any atom is -0.508 e. The van der Waals surface area contributed by atoms with Crippen LogP contribution in [-0.4, -0.2) is 59.3 Å². The van der Waals surface area contributed by atoms with Gasteiger partial charge in [0.05, 0.1) is 17.0 Å². The standard InChI is InChI=1S/C24H29N5O2/c1-28-12-14-29(15-13-28)19-7-2-18(3-8-19)16-22-23(24(25)31)21(26-27-22)11-6-17-4-9-20(30)10-5-17/h2-5,7-10,30H,6,11-16H2,1H3,(H2,25,31)(H,26,27). The van der Waals surface area contributed by atoms with E-state index in [1.807, 2.05) is 12.1 Å². The highest BCUT2D eigenvalue weighted by Gasteiger charge is 2.19. The number of amides is 1. The highest BCUT2D eigenvalue weighted by atomic mass is 16.3. The number of phenols is 1. The quantitative estimate of drug-likeness (QED) is 0.546. The third-order valence-corrected chi connectivity index (χ3v) is 5.94. The number of anilines is 1. The Hall–Kier alpha value is -3.32. The lowest BCUT2D eigenvalue weighted by Crippen LogP contribution is -2.44. The summed E-state index contributed by atoms with van der Waals surface area (Å²) in [5, 5.41) is 16.8. The molecule has 7 nitrogen and oxygen atoms in total. The second-order valence-corrected chi connectivity index (χ2v) is 8.19. The van der Waals surface area contributed by atoms with E-state index < -0.39 is 5.91 Å². The van der Waals surface area contributed by atoms with Crippen molar-refractivity contribution in [3.63, 3.8) is 0 Å². The van der Waals surface area contributed by atoms with Gasteiger partial charge < -0.3 is 20.6 Å². The van der Waals surface area contributed by atoms with Crippen LogP contribution >= 0.6 is 0 Å². The first kappa shape index (κ1) is 20.9. The average Bonchev–Trinajstić information content (AvgIpc) is 3.17. The number of nitrogens with two attached hydrogens (primary N) is 1. The number of aryl methyl sites for hydroxylation is 2. The van der Waals surface area contributed by atoms with Crippen LogP contribution in [0.5, 0.6) is 5.75 Å². The number of carbonyl (C=O) groups excluding carboxylic acids is 1. The van der Waals surface area contributed by atoms with E-state index in [1.165, 1.54) is 5.69 Å². The predicted octanol–water partition coefficient (Wildman–Crippen LogP) is 2.34. The number of hydrogen-bond acceptors (Lipinski definition) is 5. The van der Waals surface area contributed by atoms with Gasteiger partial charge >= 0.3 is 0 Å². The Morgan fingerprint density at radius 2 is 1.65 bits per heavy atom. The van der Waals surface area contributed by atoms with Crippen LogP contribution in [0.15, 0.2) is 48.5 Å². The first-order valence-corrected chi connectivity index (χ1v) is 10.7. The van der Waals surface area contributed by atoms with Crippen molar-refractivity contribution in [1.29, 1.82) is 0 Å². The van der Waals surface area contributed by atoms with E-state index in [1.54, 1.807) is 12.1 Å². The van der Waals surface area contributed by atoms with E-state index in [4.69, 9.17) is 5.73 Å². The molecule has 1 fully saturated rings. The number of aromatic hydroxyl groups is 1. The molecular formula is C24H29N5O2. The monoisotopic (exact) mass is 419 g/mol. The molecule has 0 saturated carbocycles. The lowest BCUT2D eigenvalue weighted by molar-refractivity contribution is 0.0998. The zero-order valence-electron chi connectivity index (χ0n) is 17.8. The molecule has 1 amide bonds. The summed E-state index contributed by atoms with van der Waals surface area (Å²) in [6.07, 6.45) is 1.89. The van der Waals surface area contributed by atoms with Gasteiger partial charge in [0, 0.05) is 38.3 Å². The molecule has 7 heteroatoms. The number of rotatable bonds is 7. The maximum absolute atomic E-state index is 12.2. The van der Waals surface area contributed by atoms with E-state index in [0.29, 0.717) is 30.5 Å². The number of benzene rings is 2. The van der Waals surface area contributed by atoms with Gasteiger partial charge in [0.15, 0.2) is 0 Å². The van der Waals surface area contributed by atoms with Gasteiger partial charge in [-0.15, -0.1) is 0 Å². The maximum atomic E-state index is 12.2. The molecule has 0 atom stereocenters. The minimum absolute atomic E-state index is 0.238. The van der Waals surface area contributed by atoms with Crippen LogP contribution in [0, 0.1) is 0 Å². The normalized spacial score (nSPS) is 14.7. The smallest absolute Gasteiger partial charge is 0.252 e. The number of aromatic nitrogens is 2. The molecule has 0 bridgehead atoms. The zero-order chi connectivity index (χ0) is 21.8. The van der Waals surface area contributed by atoms with E-state index in [0.717, 1.165) is 43.0 Å². The van der Waals surface area contributed by atoms with Gasteiger partial charge in [-0.2, -0.15) is 5.10 Å². The summed E-state index contributed by atoms with van der Waals surface area (Å²) in [5.74, 6) is -0.221. The van der Waals surface area contributed by atoms with Crippen LogP contribution in [0.1, 0.15) is 32.9 Å². The molecule has 2 aromatic carbocycles. The van der Waals surface area contributed by atoms with Gasteiger partial charge in [0.25, 0.3) is 5.91 Å². The van der Waals surface area contributed by atoms with Crippen molar-refractivity contribution in [2.45, 2.75) is 19.3 Å². The van der Waals surface area contributed by atoms with Crippen molar-refractivity contribution in [2.24, 2.45) is 5.73 Å². The third-order valence-electron chi connectivity index (χ3n) is 5.94. The first-order chi connectivity index (χ1) is 15.0. The lowest BCUT2D eigenvalue weighted by atomic mass is 10.0. The Morgan fingerprint density at radius 1 is 1.00 bits per heavy atom. The summed E-state index contributed by atoms with van der Waals surface area (Å²) in [5.41, 5.74) is 11.0. The van der Waals surface area contributed by atoms with Crippen molar-refractivity contribution in [1.82, 2.24) is 15.1 Å². The summed E-state index contributed by atoms with van der Waals surface area (Å²) < 4.78 is 0. The van der Waals surface area contributed by atoms with Crippen LogP contribution in [-0.2, 0) is 19.3 Å². The molecule has 3 aromatic rings. The molecule has 1 aliphatic rings. The fraction of sp³-hybridized carbons (Fsp3) is 0.333. The Balaban J connectivity index is 1.44. The minimum atomic E-state index is -0.460. The number of likely N-dealkylation sites (N-methyl/N-ethyl adjacent to an activating group) is 1. The van der Waals surface area contributed by atoms with Crippen LogP contribution < -0.4 is 10.6 Å². The molecule has 0 aliphatic carbocycles.